The standard InChI is InChI=1S/C15H22N2O5S/c1-11(15(19)22-2)16-14(18)13(17-23(3,20)21)10-9-12-7-5-4-6-8-12/h4-8,11,13,17H,9-10H2,1-3H3,(H,16,18)/t11-,13+/m0/s1. The Hall–Kier alpha value is -1.93. The second kappa shape index (κ2) is 8.64. The largest absolute Gasteiger partial charge is 0.467 e. The third kappa shape index (κ3) is 7.25. The van der Waals surface area contributed by atoms with E-state index in [2.05, 4.69) is 14.8 Å². The summed E-state index contributed by atoms with van der Waals surface area (Å²) in [5.74, 6) is -1.16. The maximum atomic E-state index is 12.2. The van der Waals surface area contributed by atoms with Crippen LogP contribution in [0.5, 0.6) is 0 Å². The molecule has 0 unspecified atom stereocenters. The SMILES string of the molecule is COC(=O)[C@H](C)NC(=O)[C@@H](CCc1ccccc1)NS(C)(=O)=O. The summed E-state index contributed by atoms with van der Waals surface area (Å²) in [6.45, 7) is 1.47. The lowest BCUT2D eigenvalue weighted by Gasteiger charge is -2.19. The Balaban J connectivity index is 2.75. The zero-order valence-electron chi connectivity index (χ0n) is 13.4. The molecule has 128 valence electrons. The molecule has 0 aliphatic heterocycles. The molecule has 23 heavy (non-hydrogen) atoms. The molecule has 1 aromatic rings. The Morgan fingerprint density at radius 2 is 1.83 bits per heavy atom. The Bertz CT molecular complexity index is 631. The van der Waals surface area contributed by atoms with E-state index in [1.165, 1.54) is 14.0 Å². The minimum Gasteiger partial charge on any atom is -0.467 e. The van der Waals surface area contributed by atoms with E-state index >= 15 is 0 Å². The van der Waals surface area contributed by atoms with Gasteiger partial charge in [-0.1, -0.05) is 30.3 Å². The fraction of sp³-hybridized carbons (Fsp3) is 0.467. The van der Waals surface area contributed by atoms with Crippen molar-refractivity contribution in [1.29, 1.82) is 0 Å². The van der Waals surface area contributed by atoms with Crippen LogP contribution in [-0.4, -0.2) is 45.7 Å². The van der Waals surface area contributed by atoms with Crippen LogP contribution in [0.15, 0.2) is 30.3 Å². The van der Waals surface area contributed by atoms with Crippen LogP contribution in [0.1, 0.15) is 18.9 Å². The van der Waals surface area contributed by atoms with Crippen LogP contribution < -0.4 is 10.0 Å². The maximum Gasteiger partial charge on any atom is 0.328 e. The molecular formula is C15H22N2O5S. The second-order valence-corrected chi connectivity index (χ2v) is 7.00. The number of sulfonamides is 1. The van der Waals surface area contributed by atoms with E-state index in [1.807, 2.05) is 30.3 Å². The van der Waals surface area contributed by atoms with Gasteiger partial charge in [0.1, 0.15) is 12.1 Å². The summed E-state index contributed by atoms with van der Waals surface area (Å²) in [5, 5.41) is 2.45. The molecule has 0 fully saturated rings. The van der Waals surface area contributed by atoms with Crippen LogP contribution in [-0.2, 0) is 30.8 Å². The monoisotopic (exact) mass is 342 g/mol. The molecule has 0 spiro atoms. The number of aryl methyl sites for hydroxylation is 1. The van der Waals surface area contributed by atoms with Crippen molar-refractivity contribution < 1.29 is 22.7 Å². The molecule has 1 rings (SSSR count). The van der Waals surface area contributed by atoms with Gasteiger partial charge in [-0.15, -0.1) is 0 Å². The Morgan fingerprint density at radius 3 is 2.35 bits per heavy atom. The summed E-state index contributed by atoms with van der Waals surface area (Å²) in [6, 6.07) is 7.59. The topological polar surface area (TPSA) is 102 Å². The van der Waals surface area contributed by atoms with Gasteiger partial charge in [0.25, 0.3) is 0 Å². The Morgan fingerprint density at radius 1 is 1.22 bits per heavy atom. The Kier molecular flexibility index (Phi) is 7.18. The van der Waals surface area contributed by atoms with Gasteiger partial charge in [-0.25, -0.2) is 17.9 Å². The number of benzene rings is 1. The predicted octanol–water partition coefficient (Wildman–Crippen LogP) is 0.215. The number of rotatable bonds is 8. The van der Waals surface area contributed by atoms with Crippen molar-refractivity contribution in [3.63, 3.8) is 0 Å². The van der Waals surface area contributed by atoms with Gasteiger partial charge in [-0.05, 0) is 25.3 Å². The third-order valence-electron chi connectivity index (χ3n) is 3.15. The molecule has 0 aliphatic carbocycles. The van der Waals surface area contributed by atoms with Gasteiger partial charge < -0.3 is 10.1 Å². The van der Waals surface area contributed by atoms with Crippen molar-refractivity contribution in [2.24, 2.45) is 0 Å². The first-order valence-corrected chi connectivity index (χ1v) is 9.01. The molecule has 0 saturated heterocycles. The van der Waals surface area contributed by atoms with Gasteiger partial charge in [0.2, 0.25) is 15.9 Å². The van der Waals surface area contributed by atoms with E-state index in [9.17, 15) is 18.0 Å². The highest BCUT2D eigenvalue weighted by Gasteiger charge is 2.25. The van der Waals surface area contributed by atoms with E-state index in [4.69, 9.17) is 0 Å². The highest BCUT2D eigenvalue weighted by atomic mass is 32.2. The molecule has 1 amide bonds. The number of nitrogens with one attached hydrogen (secondary N) is 2. The van der Waals surface area contributed by atoms with E-state index in [0.717, 1.165) is 11.8 Å². The number of carbonyl (C=O) groups is 2. The van der Waals surface area contributed by atoms with Crippen LogP contribution in [0, 0.1) is 0 Å². The summed E-state index contributed by atoms with van der Waals surface area (Å²) in [4.78, 5) is 23.6. The lowest BCUT2D eigenvalue weighted by molar-refractivity contribution is -0.144. The van der Waals surface area contributed by atoms with Gasteiger partial charge in [-0.3, -0.25) is 4.79 Å². The van der Waals surface area contributed by atoms with Gasteiger partial charge in [0, 0.05) is 0 Å². The van der Waals surface area contributed by atoms with E-state index in [1.54, 1.807) is 0 Å². The highest BCUT2D eigenvalue weighted by Crippen LogP contribution is 2.06. The molecule has 0 heterocycles. The van der Waals surface area contributed by atoms with Crippen LogP contribution in [0.25, 0.3) is 0 Å². The molecule has 7 nitrogen and oxygen atoms in total. The molecular weight excluding hydrogens is 320 g/mol. The van der Waals surface area contributed by atoms with Gasteiger partial charge in [0.05, 0.1) is 13.4 Å². The maximum absolute atomic E-state index is 12.2. The zero-order valence-corrected chi connectivity index (χ0v) is 14.2. The van der Waals surface area contributed by atoms with Gasteiger partial charge in [0.15, 0.2) is 0 Å². The molecule has 0 aliphatic rings. The van der Waals surface area contributed by atoms with Crippen molar-refractivity contribution >= 4 is 21.9 Å². The Labute approximate surface area is 136 Å². The summed E-state index contributed by atoms with van der Waals surface area (Å²) in [6.07, 6.45) is 1.78. The summed E-state index contributed by atoms with van der Waals surface area (Å²) in [7, 11) is -2.35. The normalized spacial score (nSPS) is 13.9. The molecule has 0 bridgehead atoms. The molecule has 2 N–H and O–H groups in total. The van der Waals surface area contributed by atoms with E-state index < -0.39 is 34.0 Å². The lowest BCUT2D eigenvalue weighted by atomic mass is 10.1. The molecule has 2 atom stereocenters. The van der Waals surface area contributed by atoms with Crippen molar-refractivity contribution in [1.82, 2.24) is 10.0 Å². The summed E-state index contributed by atoms with van der Waals surface area (Å²) < 4.78 is 29.7. The highest BCUT2D eigenvalue weighted by molar-refractivity contribution is 7.88. The minimum atomic E-state index is -3.56. The molecule has 1 aromatic carbocycles. The number of ether oxygens (including phenoxy) is 1. The minimum absolute atomic E-state index is 0.275. The molecule has 8 heteroatoms. The van der Waals surface area contributed by atoms with Crippen molar-refractivity contribution in [3.8, 4) is 0 Å². The van der Waals surface area contributed by atoms with E-state index in [-0.39, 0.29) is 6.42 Å². The number of hydrogen-bond donors (Lipinski definition) is 2. The summed E-state index contributed by atoms with van der Waals surface area (Å²) >= 11 is 0. The zero-order chi connectivity index (χ0) is 17.5. The fourth-order valence-electron chi connectivity index (χ4n) is 2.01. The number of carbonyl (C=O) groups excluding carboxylic acids is 2. The second-order valence-electron chi connectivity index (χ2n) is 5.22. The van der Waals surface area contributed by atoms with Crippen LogP contribution in [0.3, 0.4) is 0 Å². The van der Waals surface area contributed by atoms with Crippen molar-refractivity contribution in [3.05, 3.63) is 35.9 Å². The van der Waals surface area contributed by atoms with Crippen LogP contribution in [0.4, 0.5) is 0 Å². The smallest absolute Gasteiger partial charge is 0.328 e. The molecule has 0 aromatic heterocycles. The predicted molar refractivity (Wildman–Crippen MR) is 86.2 cm³/mol. The van der Waals surface area contributed by atoms with Crippen molar-refractivity contribution in [2.75, 3.05) is 13.4 Å². The quantitative estimate of drug-likeness (QED) is 0.658. The third-order valence-corrected chi connectivity index (χ3v) is 3.86. The van der Waals surface area contributed by atoms with Crippen LogP contribution >= 0.6 is 0 Å². The first-order chi connectivity index (χ1) is 10.7. The molecule has 0 radical (unpaired) electrons. The van der Waals surface area contributed by atoms with E-state index in [0.29, 0.717) is 6.42 Å². The van der Waals surface area contributed by atoms with Gasteiger partial charge >= 0.3 is 5.97 Å². The average molecular weight is 342 g/mol. The summed E-state index contributed by atoms with van der Waals surface area (Å²) in [5.41, 5.74) is 0.988. The van der Waals surface area contributed by atoms with Gasteiger partial charge in [-0.2, -0.15) is 0 Å². The first-order valence-electron chi connectivity index (χ1n) is 7.12. The van der Waals surface area contributed by atoms with Crippen molar-refractivity contribution in [2.45, 2.75) is 31.8 Å². The first kappa shape index (κ1) is 19.1. The molecule has 0 saturated carbocycles. The number of amides is 1. The number of methoxy groups -OCH3 is 1. The lowest BCUT2D eigenvalue weighted by Crippen LogP contribution is -2.50. The average Bonchev–Trinajstić information content (AvgIpc) is 2.50. The number of hydrogen-bond acceptors (Lipinski definition) is 5. The van der Waals surface area contributed by atoms with Crippen LogP contribution in [0.2, 0.25) is 0 Å². The fourth-order valence-corrected chi connectivity index (χ4v) is 2.75. The number of esters is 1.